The van der Waals surface area contributed by atoms with E-state index in [1.54, 1.807) is 24.6 Å². The Bertz CT molecular complexity index is 654. The Morgan fingerprint density at radius 1 is 1.42 bits per heavy atom. The molecule has 2 N–H and O–H groups in total. The van der Waals surface area contributed by atoms with Crippen LogP contribution in [0.1, 0.15) is 25.7 Å². The average molecular weight is 341 g/mol. The Morgan fingerprint density at radius 2 is 2.16 bits per heavy atom. The van der Waals surface area contributed by atoms with Crippen LogP contribution in [0.5, 0.6) is 0 Å². The van der Waals surface area contributed by atoms with Gasteiger partial charge in [0.25, 0.3) is 5.91 Å². The van der Waals surface area contributed by atoms with Crippen molar-refractivity contribution in [2.24, 2.45) is 0 Å². The standard InChI is InChI=1S/C12H9BrN2O3S/c1-6-10(19-5-14-6)11(16)15-9-3-2-7(13)4-8(9)12(17)18/h2-5H,1H3,(H,15,16)(H,17,18). The number of carboxylic acid groups (broad SMARTS) is 1. The molecule has 0 aliphatic rings. The molecule has 0 saturated heterocycles. The number of amides is 1. The van der Waals surface area contributed by atoms with Crippen LogP contribution in [0.2, 0.25) is 0 Å². The fourth-order valence-corrected chi connectivity index (χ4v) is 2.56. The first kappa shape index (κ1) is 13.7. The zero-order valence-corrected chi connectivity index (χ0v) is 12.2. The Kier molecular flexibility index (Phi) is 3.96. The number of rotatable bonds is 3. The summed E-state index contributed by atoms with van der Waals surface area (Å²) >= 11 is 4.41. The molecular weight excluding hydrogens is 332 g/mol. The third kappa shape index (κ3) is 2.99. The molecule has 2 rings (SSSR count). The Labute approximate surface area is 121 Å². The lowest BCUT2D eigenvalue weighted by Gasteiger charge is -2.08. The molecule has 0 saturated carbocycles. The minimum atomic E-state index is -1.10. The number of aromatic carboxylic acids is 1. The van der Waals surface area contributed by atoms with Crippen LogP contribution in [0.3, 0.4) is 0 Å². The highest BCUT2D eigenvalue weighted by molar-refractivity contribution is 9.10. The molecule has 98 valence electrons. The fraction of sp³-hybridized carbons (Fsp3) is 0.0833. The monoisotopic (exact) mass is 340 g/mol. The fourth-order valence-electron chi connectivity index (χ4n) is 1.50. The first-order valence-corrected chi connectivity index (χ1v) is 6.90. The van der Waals surface area contributed by atoms with E-state index < -0.39 is 5.97 Å². The minimum absolute atomic E-state index is 0.0323. The molecule has 0 unspecified atom stereocenters. The van der Waals surface area contributed by atoms with Crippen LogP contribution in [-0.4, -0.2) is 22.0 Å². The number of aromatic nitrogens is 1. The van der Waals surface area contributed by atoms with E-state index in [4.69, 9.17) is 5.11 Å². The average Bonchev–Trinajstić information content (AvgIpc) is 2.77. The number of carboxylic acids is 1. The van der Waals surface area contributed by atoms with Gasteiger partial charge in [0.15, 0.2) is 0 Å². The lowest BCUT2D eigenvalue weighted by atomic mass is 10.2. The van der Waals surface area contributed by atoms with E-state index in [-0.39, 0.29) is 17.2 Å². The number of nitrogens with one attached hydrogen (secondary N) is 1. The van der Waals surface area contributed by atoms with Gasteiger partial charge in [-0.3, -0.25) is 4.79 Å². The zero-order valence-electron chi connectivity index (χ0n) is 9.81. The lowest BCUT2D eigenvalue weighted by molar-refractivity contribution is 0.0698. The van der Waals surface area contributed by atoms with Crippen molar-refractivity contribution in [3.8, 4) is 0 Å². The summed E-state index contributed by atoms with van der Waals surface area (Å²) in [6, 6.07) is 4.65. The highest BCUT2D eigenvalue weighted by Gasteiger charge is 2.16. The number of carbonyl (C=O) groups excluding carboxylic acids is 1. The van der Waals surface area contributed by atoms with Crippen LogP contribution in [-0.2, 0) is 0 Å². The van der Waals surface area contributed by atoms with Gasteiger partial charge in [-0.05, 0) is 25.1 Å². The number of halogens is 1. The molecule has 0 radical (unpaired) electrons. The molecule has 0 bridgehead atoms. The second-order valence-electron chi connectivity index (χ2n) is 3.72. The van der Waals surface area contributed by atoms with Crippen LogP contribution in [0.25, 0.3) is 0 Å². The molecule has 19 heavy (non-hydrogen) atoms. The molecule has 0 atom stereocenters. The zero-order chi connectivity index (χ0) is 14.0. The predicted molar refractivity (Wildman–Crippen MR) is 75.9 cm³/mol. The number of aryl methyl sites for hydroxylation is 1. The van der Waals surface area contributed by atoms with Gasteiger partial charge in [-0.1, -0.05) is 15.9 Å². The molecule has 0 fully saturated rings. The summed E-state index contributed by atoms with van der Waals surface area (Å²) in [6.07, 6.45) is 0. The van der Waals surface area contributed by atoms with E-state index in [2.05, 4.69) is 26.2 Å². The second-order valence-corrected chi connectivity index (χ2v) is 5.49. The first-order chi connectivity index (χ1) is 8.99. The number of benzene rings is 1. The molecule has 7 heteroatoms. The van der Waals surface area contributed by atoms with Gasteiger partial charge in [0.1, 0.15) is 4.88 Å². The minimum Gasteiger partial charge on any atom is -0.478 e. The summed E-state index contributed by atoms with van der Waals surface area (Å²) in [7, 11) is 0. The van der Waals surface area contributed by atoms with Crippen molar-refractivity contribution in [2.75, 3.05) is 5.32 Å². The van der Waals surface area contributed by atoms with Gasteiger partial charge in [0.05, 0.1) is 22.5 Å². The summed E-state index contributed by atoms with van der Waals surface area (Å²) in [5.41, 5.74) is 2.49. The number of carbonyl (C=O) groups is 2. The smallest absolute Gasteiger partial charge is 0.337 e. The van der Waals surface area contributed by atoms with E-state index >= 15 is 0 Å². The summed E-state index contributed by atoms with van der Waals surface area (Å²) in [4.78, 5) is 27.6. The Hall–Kier alpha value is -1.73. The molecule has 5 nitrogen and oxygen atoms in total. The van der Waals surface area contributed by atoms with Gasteiger partial charge in [-0.2, -0.15) is 0 Å². The van der Waals surface area contributed by atoms with Crippen LogP contribution in [0, 0.1) is 6.92 Å². The second kappa shape index (κ2) is 5.50. The third-order valence-electron chi connectivity index (χ3n) is 2.41. The number of hydrogen-bond donors (Lipinski definition) is 2. The highest BCUT2D eigenvalue weighted by atomic mass is 79.9. The van der Waals surface area contributed by atoms with E-state index in [1.165, 1.54) is 17.4 Å². The van der Waals surface area contributed by atoms with E-state index in [1.807, 2.05) is 0 Å². The first-order valence-electron chi connectivity index (χ1n) is 5.23. The van der Waals surface area contributed by atoms with Crippen LogP contribution >= 0.6 is 27.3 Å². The Balaban J connectivity index is 2.32. The molecule has 1 aromatic heterocycles. The molecule has 2 aromatic rings. The number of nitrogens with zero attached hydrogens (tertiary/aromatic N) is 1. The van der Waals surface area contributed by atoms with Crippen LogP contribution in [0.15, 0.2) is 28.2 Å². The van der Waals surface area contributed by atoms with Gasteiger partial charge in [-0.25, -0.2) is 9.78 Å². The van der Waals surface area contributed by atoms with Gasteiger partial charge >= 0.3 is 5.97 Å². The maximum absolute atomic E-state index is 12.0. The molecule has 1 amide bonds. The van der Waals surface area contributed by atoms with E-state index in [0.29, 0.717) is 15.0 Å². The van der Waals surface area contributed by atoms with Crippen molar-refractivity contribution in [1.29, 1.82) is 0 Å². The van der Waals surface area contributed by atoms with Crippen LogP contribution < -0.4 is 5.32 Å². The molecular formula is C12H9BrN2O3S. The van der Waals surface area contributed by atoms with Gasteiger partial charge in [0, 0.05) is 4.47 Å². The maximum atomic E-state index is 12.0. The van der Waals surface area contributed by atoms with Crippen LogP contribution in [0.4, 0.5) is 5.69 Å². The number of hydrogen-bond acceptors (Lipinski definition) is 4. The SMILES string of the molecule is Cc1ncsc1C(=O)Nc1ccc(Br)cc1C(=O)O. The lowest BCUT2D eigenvalue weighted by Crippen LogP contribution is -2.14. The normalized spacial score (nSPS) is 10.2. The molecule has 0 aliphatic heterocycles. The maximum Gasteiger partial charge on any atom is 0.337 e. The van der Waals surface area contributed by atoms with Gasteiger partial charge in [0.2, 0.25) is 0 Å². The largest absolute Gasteiger partial charge is 0.478 e. The van der Waals surface area contributed by atoms with Crippen molar-refractivity contribution >= 4 is 44.8 Å². The summed E-state index contributed by atoms with van der Waals surface area (Å²) < 4.78 is 0.636. The van der Waals surface area contributed by atoms with E-state index in [0.717, 1.165) is 0 Å². The van der Waals surface area contributed by atoms with Gasteiger partial charge in [-0.15, -0.1) is 11.3 Å². The Morgan fingerprint density at radius 3 is 2.74 bits per heavy atom. The summed E-state index contributed by atoms with van der Waals surface area (Å²) in [5, 5.41) is 11.7. The van der Waals surface area contributed by atoms with Crippen molar-refractivity contribution in [3.63, 3.8) is 0 Å². The number of thiazole rings is 1. The molecule has 0 spiro atoms. The molecule has 0 aliphatic carbocycles. The van der Waals surface area contributed by atoms with Crippen molar-refractivity contribution in [1.82, 2.24) is 4.98 Å². The third-order valence-corrected chi connectivity index (χ3v) is 3.83. The molecule has 1 aromatic carbocycles. The predicted octanol–water partition coefficient (Wildman–Crippen LogP) is 3.16. The van der Waals surface area contributed by atoms with Crippen molar-refractivity contribution in [3.05, 3.63) is 44.3 Å². The van der Waals surface area contributed by atoms with Crippen molar-refractivity contribution < 1.29 is 14.7 Å². The topological polar surface area (TPSA) is 79.3 Å². The van der Waals surface area contributed by atoms with Gasteiger partial charge < -0.3 is 10.4 Å². The number of anilines is 1. The quantitative estimate of drug-likeness (QED) is 0.899. The summed E-state index contributed by atoms with van der Waals surface area (Å²) in [6.45, 7) is 1.73. The van der Waals surface area contributed by atoms with E-state index in [9.17, 15) is 9.59 Å². The summed E-state index contributed by atoms with van der Waals surface area (Å²) in [5.74, 6) is -1.46. The van der Waals surface area contributed by atoms with Crippen molar-refractivity contribution in [2.45, 2.75) is 6.92 Å². The highest BCUT2D eigenvalue weighted by Crippen LogP contribution is 2.23. The molecule has 1 heterocycles.